The Morgan fingerprint density at radius 1 is 0.913 bits per heavy atom. The Morgan fingerprint density at radius 3 is 2.22 bits per heavy atom. The molecule has 1 nitrogen and oxygen atoms in total. The molecule has 0 saturated carbocycles. The van der Waals surface area contributed by atoms with Gasteiger partial charge in [-0.15, -0.1) is 11.3 Å². The summed E-state index contributed by atoms with van der Waals surface area (Å²) in [5.74, 6) is 0. The zero-order valence-electron chi connectivity index (χ0n) is 14.8. The number of aryl methyl sites for hydroxylation is 1. The normalized spacial score (nSPS) is 11.4. The quantitative estimate of drug-likeness (QED) is 0.291. The lowest BCUT2D eigenvalue weighted by atomic mass is 10.0. The van der Waals surface area contributed by atoms with E-state index in [0.29, 0.717) is 0 Å². The minimum atomic E-state index is 1.16. The maximum absolute atomic E-state index is 4.61. The number of benzene rings is 1. The molecule has 0 aliphatic rings. The van der Waals surface area contributed by atoms with E-state index in [1.165, 1.54) is 85.2 Å². The summed E-state index contributed by atoms with van der Waals surface area (Å²) in [6.07, 6.45) is 17.4. The van der Waals surface area contributed by atoms with Crippen LogP contribution in [0.2, 0.25) is 0 Å². The van der Waals surface area contributed by atoms with Crippen molar-refractivity contribution in [3.8, 4) is 0 Å². The van der Waals surface area contributed by atoms with E-state index in [0.717, 1.165) is 5.52 Å². The molecule has 0 radical (unpaired) electrons. The van der Waals surface area contributed by atoms with E-state index in [2.05, 4.69) is 36.4 Å². The second-order valence-corrected chi connectivity index (χ2v) is 8.50. The zero-order valence-corrected chi connectivity index (χ0v) is 16.4. The largest absolute Gasteiger partial charge is 0.230 e. The minimum absolute atomic E-state index is 1.16. The Kier molecular flexibility index (Phi) is 9.06. The molecule has 0 fully saturated rings. The molecule has 0 aliphatic carbocycles. The first-order chi connectivity index (χ1) is 11.3. The smallest absolute Gasteiger partial charge is 0.150 e. The molecular formula is C20H31NS2. The highest BCUT2D eigenvalue weighted by Crippen LogP contribution is 2.29. The second kappa shape index (κ2) is 11.1. The van der Waals surface area contributed by atoms with Crippen molar-refractivity contribution in [1.82, 2.24) is 4.98 Å². The third-order valence-corrected chi connectivity index (χ3v) is 6.43. The minimum Gasteiger partial charge on any atom is -0.230 e. The van der Waals surface area contributed by atoms with Crippen molar-refractivity contribution in [2.45, 2.75) is 81.9 Å². The lowest BCUT2D eigenvalue weighted by Crippen LogP contribution is -1.86. The second-order valence-electron chi connectivity index (χ2n) is 6.42. The Hall–Kier alpha value is -0.540. The van der Waals surface area contributed by atoms with E-state index in [4.69, 9.17) is 0 Å². The molecule has 0 saturated heterocycles. The van der Waals surface area contributed by atoms with Crippen molar-refractivity contribution < 1.29 is 0 Å². The Balaban J connectivity index is 1.57. The molecule has 0 bridgehead atoms. The number of aromatic nitrogens is 1. The lowest BCUT2D eigenvalue weighted by Gasteiger charge is -2.03. The van der Waals surface area contributed by atoms with E-state index < -0.39 is 0 Å². The SMILES string of the molecule is CCCCCCCCCCCCc1ccc2nc(SC)sc2c1. The molecule has 3 heteroatoms. The summed E-state index contributed by atoms with van der Waals surface area (Å²) in [4.78, 5) is 4.61. The van der Waals surface area contributed by atoms with Gasteiger partial charge in [-0.2, -0.15) is 0 Å². The van der Waals surface area contributed by atoms with Gasteiger partial charge < -0.3 is 0 Å². The molecule has 0 N–H and O–H groups in total. The molecule has 0 atom stereocenters. The zero-order chi connectivity index (χ0) is 16.3. The summed E-state index contributed by atoms with van der Waals surface area (Å²) in [6, 6.07) is 6.80. The number of hydrogen-bond acceptors (Lipinski definition) is 3. The molecule has 2 aromatic rings. The van der Waals surface area contributed by atoms with Crippen LogP contribution in [0, 0.1) is 0 Å². The van der Waals surface area contributed by atoms with E-state index in [9.17, 15) is 0 Å². The van der Waals surface area contributed by atoms with Gasteiger partial charge in [-0.05, 0) is 36.8 Å². The maximum Gasteiger partial charge on any atom is 0.150 e. The van der Waals surface area contributed by atoms with E-state index in [-0.39, 0.29) is 0 Å². The van der Waals surface area contributed by atoms with Crippen LogP contribution in [0.15, 0.2) is 22.5 Å². The van der Waals surface area contributed by atoms with Gasteiger partial charge in [0, 0.05) is 0 Å². The fourth-order valence-electron chi connectivity index (χ4n) is 3.01. The highest BCUT2D eigenvalue weighted by atomic mass is 32.2. The Labute approximate surface area is 150 Å². The number of thiazole rings is 1. The van der Waals surface area contributed by atoms with Crippen LogP contribution in [-0.2, 0) is 6.42 Å². The van der Waals surface area contributed by atoms with Crippen LogP contribution in [0.3, 0.4) is 0 Å². The summed E-state index contributed by atoms with van der Waals surface area (Å²) in [5.41, 5.74) is 2.64. The summed E-state index contributed by atoms with van der Waals surface area (Å²) in [6.45, 7) is 2.29. The van der Waals surface area contributed by atoms with Crippen LogP contribution in [0.4, 0.5) is 0 Å². The Morgan fingerprint density at radius 2 is 1.57 bits per heavy atom. The predicted molar refractivity (Wildman–Crippen MR) is 107 cm³/mol. The van der Waals surface area contributed by atoms with Crippen LogP contribution < -0.4 is 0 Å². The highest BCUT2D eigenvalue weighted by Gasteiger charge is 2.03. The van der Waals surface area contributed by atoms with Crippen molar-refractivity contribution in [2.24, 2.45) is 0 Å². The van der Waals surface area contributed by atoms with Crippen LogP contribution in [0.25, 0.3) is 10.2 Å². The molecule has 23 heavy (non-hydrogen) atoms. The number of rotatable bonds is 12. The Bertz CT molecular complexity index is 562. The van der Waals surface area contributed by atoms with Gasteiger partial charge in [-0.25, -0.2) is 4.98 Å². The standard InChI is InChI=1S/C20H31NS2/c1-3-4-5-6-7-8-9-10-11-12-13-17-14-15-18-19(16-17)23-20(21-18)22-2/h14-16H,3-13H2,1-2H3. The van der Waals surface area contributed by atoms with E-state index >= 15 is 0 Å². The van der Waals surface area contributed by atoms with Crippen LogP contribution in [0.5, 0.6) is 0 Å². The molecule has 2 rings (SSSR count). The molecule has 1 aromatic carbocycles. The third kappa shape index (κ3) is 6.84. The van der Waals surface area contributed by atoms with E-state index in [1.54, 1.807) is 11.8 Å². The van der Waals surface area contributed by atoms with Gasteiger partial charge in [0.05, 0.1) is 10.2 Å². The van der Waals surface area contributed by atoms with Crippen LogP contribution in [-0.4, -0.2) is 11.2 Å². The number of nitrogens with zero attached hydrogens (tertiary/aromatic N) is 1. The fraction of sp³-hybridized carbons (Fsp3) is 0.650. The monoisotopic (exact) mass is 349 g/mol. The topological polar surface area (TPSA) is 12.9 Å². The number of hydrogen-bond donors (Lipinski definition) is 0. The first-order valence-corrected chi connectivity index (χ1v) is 11.3. The van der Waals surface area contributed by atoms with E-state index in [1.807, 2.05) is 11.3 Å². The number of unbranched alkanes of at least 4 members (excludes halogenated alkanes) is 9. The third-order valence-electron chi connectivity index (χ3n) is 4.43. The summed E-state index contributed by atoms with van der Waals surface area (Å²) in [7, 11) is 0. The first-order valence-electron chi connectivity index (χ1n) is 9.27. The van der Waals surface area contributed by atoms with Gasteiger partial charge >= 0.3 is 0 Å². The fourth-order valence-corrected chi connectivity index (χ4v) is 4.56. The van der Waals surface area contributed by atoms with Gasteiger partial charge in [0.2, 0.25) is 0 Å². The average Bonchev–Trinajstić information content (AvgIpc) is 2.99. The van der Waals surface area contributed by atoms with Gasteiger partial charge in [0.1, 0.15) is 0 Å². The van der Waals surface area contributed by atoms with Gasteiger partial charge in [0.15, 0.2) is 4.34 Å². The molecule has 0 amide bonds. The van der Waals surface area contributed by atoms with Crippen molar-refractivity contribution in [3.05, 3.63) is 23.8 Å². The molecule has 128 valence electrons. The van der Waals surface area contributed by atoms with Crippen molar-refractivity contribution in [3.63, 3.8) is 0 Å². The van der Waals surface area contributed by atoms with Crippen molar-refractivity contribution >= 4 is 33.3 Å². The lowest BCUT2D eigenvalue weighted by molar-refractivity contribution is 0.556. The predicted octanol–water partition coefficient (Wildman–Crippen LogP) is 7.48. The molecule has 0 unspecified atom stereocenters. The van der Waals surface area contributed by atoms with Crippen molar-refractivity contribution in [2.75, 3.05) is 6.26 Å². The van der Waals surface area contributed by atoms with Gasteiger partial charge in [-0.3, -0.25) is 0 Å². The number of fused-ring (bicyclic) bond motifs is 1. The molecule has 0 aliphatic heterocycles. The van der Waals surface area contributed by atoms with Crippen molar-refractivity contribution in [1.29, 1.82) is 0 Å². The first kappa shape index (κ1) is 18.8. The average molecular weight is 350 g/mol. The van der Waals surface area contributed by atoms with Crippen LogP contribution >= 0.6 is 23.1 Å². The molecule has 1 heterocycles. The molecule has 1 aromatic heterocycles. The molecule has 0 spiro atoms. The molecular weight excluding hydrogens is 318 g/mol. The maximum atomic E-state index is 4.61. The highest BCUT2D eigenvalue weighted by molar-refractivity contribution is 8.00. The number of thioether (sulfide) groups is 1. The summed E-state index contributed by atoms with van der Waals surface area (Å²) >= 11 is 3.56. The van der Waals surface area contributed by atoms with Gasteiger partial charge in [-0.1, -0.05) is 82.5 Å². The van der Waals surface area contributed by atoms with Gasteiger partial charge in [0.25, 0.3) is 0 Å². The summed E-state index contributed by atoms with van der Waals surface area (Å²) in [5, 5.41) is 0. The van der Waals surface area contributed by atoms with Crippen LogP contribution in [0.1, 0.15) is 76.7 Å². The summed E-state index contributed by atoms with van der Waals surface area (Å²) < 4.78 is 2.52.